The molecule has 3 aromatic carbocycles. The summed E-state index contributed by atoms with van der Waals surface area (Å²) in [6.45, 7) is 0.388. The van der Waals surface area contributed by atoms with Crippen molar-refractivity contribution >= 4 is 51.1 Å². The maximum absolute atomic E-state index is 13.9. The smallest absolute Gasteiger partial charge is 0.417 e. The van der Waals surface area contributed by atoms with Gasteiger partial charge in [-0.2, -0.15) is 26.3 Å². The number of aliphatic carboxylic acids is 1. The average molecular weight is 660 g/mol. The number of hydrogen-bond acceptors (Lipinski definition) is 5. The van der Waals surface area contributed by atoms with Crippen molar-refractivity contribution in [3.05, 3.63) is 87.9 Å². The number of carboxylic acids is 1. The number of alkyl halides is 6. The molecule has 5 rings (SSSR count). The van der Waals surface area contributed by atoms with Gasteiger partial charge < -0.3 is 10.0 Å². The molecule has 2 aliphatic heterocycles. The van der Waals surface area contributed by atoms with E-state index in [1.807, 2.05) is 4.90 Å². The van der Waals surface area contributed by atoms with E-state index in [9.17, 15) is 44.7 Å². The maximum Gasteiger partial charge on any atom is 0.417 e. The summed E-state index contributed by atoms with van der Waals surface area (Å²) in [4.78, 5) is 14.3. The molecule has 3 aromatic rings. The third-order valence-electron chi connectivity index (χ3n) is 7.43. The minimum Gasteiger partial charge on any atom is -0.480 e. The Hall–Kier alpha value is -3.75. The van der Waals surface area contributed by atoms with Gasteiger partial charge in [-0.1, -0.05) is 42.0 Å². The number of fused-ring (bicyclic) bond motifs is 3. The second kappa shape index (κ2) is 11.6. The number of carbonyl (C=O) groups is 1. The van der Waals surface area contributed by atoms with E-state index < -0.39 is 50.4 Å². The molecule has 15 heteroatoms. The van der Waals surface area contributed by atoms with Crippen molar-refractivity contribution in [2.75, 3.05) is 41.9 Å². The minimum atomic E-state index is -4.80. The van der Waals surface area contributed by atoms with Gasteiger partial charge in [0.2, 0.25) is 0 Å². The number of sulfonamides is 1. The zero-order valence-corrected chi connectivity index (χ0v) is 24.2. The van der Waals surface area contributed by atoms with Gasteiger partial charge >= 0.3 is 18.3 Å². The van der Waals surface area contributed by atoms with Crippen molar-refractivity contribution in [2.24, 2.45) is 0 Å². The zero-order valence-electron chi connectivity index (χ0n) is 22.6. The average Bonchev–Trinajstić information content (AvgIpc) is 2.94. The van der Waals surface area contributed by atoms with Crippen LogP contribution in [0.4, 0.5) is 37.7 Å². The third kappa shape index (κ3) is 6.37. The van der Waals surface area contributed by atoms with Crippen LogP contribution in [0, 0.1) is 0 Å². The van der Waals surface area contributed by atoms with E-state index in [4.69, 9.17) is 11.6 Å². The molecule has 0 aromatic heterocycles. The van der Waals surface area contributed by atoms with Gasteiger partial charge in [-0.3, -0.25) is 14.0 Å². The normalized spacial score (nSPS) is 17.9. The van der Waals surface area contributed by atoms with E-state index in [0.717, 1.165) is 34.6 Å². The van der Waals surface area contributed by atoms with Crippen LogP contribution in [0.3, 0.4) is 0 Å². The monoisotopic (exact) mass is 659 g/mol. The number of carboxylic acid groups (broad SMARTS) is 1. The van der Waals surface area contributed by atoms with Crippen molar-refractivity contribution in [1.82, 2.24) is 4.90 Å². The SMILES string of the molecule is O=C(O)CN1CCN2c3ccc(/C=C/c4c(Cl)cccc4C(F)(F)F)cc3N(S(=O)(=O)c3cccc(C(F)(F)F)c3)CC2C1. The van der Waals surface area contributed by atoms with E-state index >= 15 is 0 Å². The lowest BCUT2D eigenvalue weighted by molar-refractivity contribution is -0.139. The zero-order chi connectivity index (χ0) is 32.0. The number of hydrogen-bond donors (Lipinski definition) is 1. The highest BCUT2D eigenvalue weighted by atomic mass is 35.5. The highest BCUT2D eigenvalue weighted by Crippen LogP contribution is 2.42. The molecule has 234 valence electrons. The summed E-state index contributed by atoms with van der Waals surface area (Å²) in [5, 5.41) is 9.10. The fourth-order valence-electron chi connectivity index (χ4n) is 5.43. The molecule has 2 aliphatic rings. The Morgan fingerprint density at radius 1 is 0.909 bits per heavy atom. The van der Waals surface area contributed by atoms with E-state index in [1.54, 1.807) is 17.0 Å². The molecule has 0 amide bonds. The molecule has 1 saturated heterocycles. The third-order valence-corrected chi connectivity index (χ3v) is 9.54. The van der Waals surface area contributed by atoms with Gasteiger partial charge in [0.25, 0.3) is 10.0 Å². The Balaban J connectivity index is 1.59. The van der Waals surface area contributed by atoms with Crippen LogP contribution in [0.2, 0.25) is 5.02 Å². The van der Waals surface area contributed by atoms with Crippen molar-refractivity contribution in [1.29, 1.82) is 0 Å². The summed E-state index contributed by atoms with van der Waals surface area (Å²) in [7, 11) is -4.59. The predicted octanol–water partition coefficient (Wildman–Crippen LogP) is 6.33. The minimum absolute atomic E-state index is 0.114. The molecular formula is C29H24ClF6N3O4S. The maximum atomic E-state index is 13.9. The lowest BCUT2D eigenvalue weighted by Gasteiger charge is -2.48. The molecule has 1 atom stereocenters. The Kier molecular flexibility index (Phi) is 8.37. The molecule has 0 saturated carbocycles. The van der Waals surface area contributed by atoms with E-state index in [1.165, 1.54) is 24.3 Å². The van der Waals surface area contributed by atoms with Gasteiger partial charge in [0.05, 0.1) is 46.5 Å². The van der Waals surface area contributed by atoms with Crippen LogP contribution in [-0.4, -0.2) is 63.2 Å². The number of halogens is 7. The lowest BCUT2D eigenvalue weighted by atomic mass is 10.0. The number of anilines is 2. The molecule has 1 fully saturated rings. The van der Waals surface area contributed by atoms with Crippen LogP contribution < -0.4 is 9.21 Å². The van der Waals surface area contributed by atoms with Gasteiger partial charge in [-0.25, -0.2) is 8.42 Å². The molecule has 44 heavy (non-hydrogen) atoms. The topological polar surface area (TPSA) is 81.2 Å². The number of nitrogens with zero attached hydrogens (tertiary/aromatic N) is 3. The van der Waals surface area contributed by atoms with Crippen LogP contribution in [0.25, 0.3) is 12.2 Å². The van der Waals surface area contributed by atoms with Crippen LogP contribution in [-0.2, 0) is 27.2 Å². The fourth-order valence-corrected chi connectivity index (χ4v) is 7.22. The number of rotatable bonds is 6. The Morgan fingerprint density at radius 3 is 2.32 bits per heavy atom. The molecule has 1 N–H and O–H groups in total. The van der Waals surface area contributed by atoms with E-state index in [-0.39, 0.29) is 35.9 Å². The van der Waals surface area contributed by atoms with Crippen LogP contribution >= 0.6 is 11.6 Å². The quantitative estimate of drug-likeness (QED) is 0.246. The van der Waals surface area contributed by atoms with Gasteiger partial charge in [-0.05, 0) is 48.0 Å². The van der Waals surface area contributed by atoms with E-state index in [2.05, 4.69) is 0 Å². The van der Waals surface area contributed by atoms with Crippen molar-refractivity contribution in [2.45, 2.75) is 23.3 Å². The standard InChI is InChI=1S/C29H24ClF6N3O4S/c30-24-6-2-5-23(29(34,35)36)22(24)9-7-18-8-10-25-26(13-18)39(16-20-15-37(17-27(40)41)11-12-38(20)25)44(42,43)21-4-1-3-19(14-21)28(31,32)33/h1-10,13-14,20H,11-12,15-17H2,(H,40,41)/b9-7+. The number of piperazine rings is 1. The van der Waals surface area contributed by atoms with Gasteiger partial charge in [0.15, 0.2) is 0 Å². The highest BCUT2D eigenvalue weighted by molar-refractivity contribution is 7.92. The summed E-state index contributed by atoms with van der Waals surface area (Å²) in [5.41, 5.74) is -1.55. The molecule has 0 aliphatic carbocycles. The first-order chi connectivity index (χ1) is 20.6. The van der Waals surface area contributed by atoms with Crippen LogP contribution in [0.1, 0.15) is 22.3 Å². The second-order valence-electron chi connectivity index (χ2n) is 10.3. The Morgan fingerprint density at radius 2 is 1.64 bits per heavy atom. The van der Waals surface area contributed by atoms with Crippen molar-refractivity contribution < 1.29 is 44.7 Å². The molecule has 0 spiro atoms. The molecular weight excluding hydrogens is 636 g/mol. The highest BCUT2D eigenvalue weighted by Gasteiger charge is 2.41. The fraction of sp³-hybridized carbons (Fsp3) is 0.276. The summed E-state index contributed by atoms with van der Waals surface area (Å²) in [6, 6.07) is 10.7. The summed E-state index contributed by atoms with van der Waals surface area (Å²) in [6.07, 6.45) is -6.99. The number of benzene rings is 3. The second-order valence-corrected chi connectivity index (χ2v) is 12.6. The summed E-state index contributed by atoms with van der Waals surface area (Å²) in [5.74, 6) is -1.06. The van der Waals surface area contributed by atoms with Gasteiger partial charge in [0, 0.05) is 30.2 Å². The summed E-state index contributed by atoms with van der Waals surface area (Å²) < 4.78 is 110. The van der Waals surface area contributed by atoms with Crippen molar-refractivity contribution in [3.63, 3.8) is 0 Å². The molecule has 1 unspecified atom stereocenters. The van der Waals surface area contributed by atoms with Gasteiger partial charge in [-0.15, -0.1) is 0 Å². The first-order valence-electron chi connectivity index (χ1n) is 13.1. The van der Waals surface area contributed by atoms with Crippen molar-refractivity contribution in [3.8, 4) is 0 Å². The molecule has 2 heterocycles. The Bertz CT molecular complexity index is 1730. The Labute approximate surface area is 253 Å². The molecule has 0 radical (unpaired) electrons. The first kappa shape index (κ1) is 31.7. The molecule has 0 bridgehead atoms. The summed E-state index contributed by atoms with van der Waals surface area (Å²) >= 11 is 6.07. The van der Waals surface area contributed by atoms with E-state index in [0.29, 0.717) is 30.4 Å². The first-order valence-corrected chi connectivity index (χ1v) is 15.0. The molecule has 7 nitrogen and oxygen atoms in total. The predicted molar refractivity (Wildman–Crippen MR) is 153 cm³/mol. The van der Waals surface area contributed by atoms with Gasteiger partial charge in [0.1, 0.15) is 0 Å². The lowest BCUT2D eigenvalue weighted by Crippen LogP contribution is -2.61. The van der Waals surface area contributed by atoms with Crippen LogP contribution in [0.5, 0.6) is 0 Å². The van der Waals surface area contributed by atoms with Crippen LogP contribution in [0.15, 0.2) is 65.6 Å². The largest absolute Gasteiger partial charge is 0.480 e.